The number of anilines is 1. The van der Waals surface area contributed by atoms with Crippen molar-refractivity contribution >= 4 is 17.6 Å². The fraction of sp³-hybridized carbons (Fsp3) is 0.600. The molecule has 2 fully saturated rings. The number of likely N-dealkylation sites (N-methyl/N-ethyl adjacent to an activating group) is 1. The van der Waals surface area contributed by atoms with Gasteiger partial charge in [0.2, 0.25) is 5.91 Å². The van der Waals surface area contributed by atoms with Gasteiger partial charge in [-0.05, 0) is 44.9 Å². The molecular formula is C20H30N4O2. The number of aryl methyl sites for hydroxylation is 1. The Morgan fingerprint density at radius 2 is 1.58 bits per heavy atom. The zero-order valence-electron chi connectivity index (χ0n) is 15.9. The summed E-state index contributed by atoms with van der Waals surface area (Å²) in [4.78, 5) is 31.0. The molecule has 6 nitrogen and oxygen atoms in total. The molecule has 3 amide bonds. The van der Waals surface area contributed by atoms with Crippen molar-refractivity contribution in [1.82, 2.24) is 14.7 Å². The number of amides is 3. The van der Waals surface area contributed by atoms with Gasteiger partial charge in [0.15, 0.2) is 0 Å². The highest BCUT2D eigenvalue weighted by Crippen LogP contribution is 2.22. The van der Waals surface area contributed by atoms with Crippen molar-refractivity contribution in [3.05, 3.63) is 29.8 Å². The zero-order valence-corrected chi connectivity index (χ0v) is 15.9. The normalized spacial score (nSPS) is 19.5. The molecule has 6 heteroatoms. The third-order valence-electron chi connectivity index (χ3n) is 5.52. The Balaban J connectivity index is 1.41. The first-order valence-electron chi connectivity index (χ1n) is 9.60. The predicted molar refractivity (Wildman–Crippen MR) is 103 cm³/mol. The van der Waals surface area contributed by atoms with Crippen LogP contribution in [0.1, 0.15) is 24.8 Å². The average Bonchev–Trinajstić information content (AvgIpc) is 2.64. The number of piperazine rings is 1. The zero-order chi connectivity index (χ0) is 18.5. The minimum atomic E-state index is -0.0438. The molecule has 2 saturated heterocycles. The van der Waals surface area contributed by atoms with Crippen LogP contribution in [-0.2, 0) is 4.79 Å². The lowest BCUT2D eigenvalue weighted by molar-refractivity contribution is -0.134. The maximum Gasteiger partial charge on any atom is 0.321 e. The van der Waals surface area contributed by atoms with Crippen molar-refractivity contribution in [1.29, 1.82) is 0 Å². The van der Waals surface area contributed by atoms with Crippen LogP contribution in [0.2, 0.25) is 0 Å². The molecule has 1 aromatic carbocycles. The summed E-state index contributed by atoms with van der Waals surface area (Å²) < 4.78 is 0. The van der Waals surface area contributed by atoms with E-state index in [0.29, 0.717) is 12.3 Å². The molecule has 142 valence electrons. The molecule has 26 heavy (non-hydrogen) atoms. The van der Waals surface area contributed by atoms with Crippen molar-refractivity contribution in [2.75, 3.05) is 51.6 Å². The van der Waals surface area contributed by atoms with E-state index in [4.69, 9.17) is 0 Å². The molecule has 0 saturated carbocycles. The lowest BCUT2D eigenvalue weighted by atomic mass is 9.93. The molecule has 0 spiro atoms. The standard InChI is InChI=1S/C20H30N4O2/c1-16-3-5-18(6-4-16)21-20(26)24-9-7-17(8-10-24)15-19(25)23-13-11-22(2)12-14-23/h3-6,17H,7-15H2,1-2H3,(H,21,26). The largest absolute Gasteiger partial charge is 0.340 e. The average molecular weight is 358 g/mol. The fourth-order valence-electron chi connectivity index (χ4n) is 3.61. The summed E-state index contributed by atoms with van der Waals surface area (Å²) in [6.07, 6.45) is 2.43. The smallest absolute Gasteiger partial charge is 0.321 e. The second-order valence-corrected chi connectivity index (χ2v) is 7.61. The van der Waals surface area contributed by atoms with Crippen LogP contribution in [0.4, 0.5) is 10.5 Å². The van der Waals surface area contributed by atoms with E-state index in [-0.39, 0.29) is 11.9 Å². The van der Waals surface area contributed by atoms with Crippen LogP contribution in [0.15, 0.2) is 24.3 Å². The lowest BCUT2D eigenvalue weighted by Gasteiger charge is -2.35. The highest BCUT2D eigenvalue weighted by molar-refractivity contribution is 5.89. The van der Waals surface area contributed by atoms with Gasteiger partial charge in [-0.1, -0.05) is 17.7 Å². The van der Waals surface area contributed by atoms with E-state index in [9.17, 15) is 9.59 Å². The Bertz CT molecular complexity index is 615. The first-order valence-corrected chi connectivity index (χ1v) is 9.60. The van der Waals surface area contributed by atoms with Crippen molar-refractivity contribution in [2.24, 2.45) is 5.92 Å². The van der Waals surface area contributed by atoms with Gasteiger partial charge in [-0.15, -0.1) is 0 Å². The first-order chi connectivity index (χ1) is 12.5. The van der Waals surface area contributed by atoms with Crippen molar-refractivity contribution < 1.29 is 9.59 Å². The van der Waals surface area contributed by atoms with Gasteiger partial charge in [-0.25, -0.2) is 4.79 Å². The van der Waals surface area contributed by atoms with E-state index in [0.717, 1.165) is 57.8 Å². The van der Waals surface area contributed by atoms with Gasteiger partial charge in [0.05, 0.1) is 0 Å². The molecular weight excluding hydrogens is 328 g/mol. The quantitative estimate of drug-likeness (QED) is 0.903. The third kappa shape index (κ3) is 4.97. The molecule has 2 heterocycles. The van der Waals surface area contributed by atoms with Gasteiger partial charge in [-0.2, -0.15) is 0 Å². The third-order valence-corrected chi connectivity index (χ3v) is 5.52. The highest BCUT2D eigenvalue weighted by Gasteiger charge is 2.27. The molecule has 0 aliphatic carbocycles. The van der Waals surface area contributed by atoms with E-state index in [1.807, 2.05) is 41.0 Å². The summed E-state index contributed by atoms with van der Waals surface area (Å²) in [7, 11) is 2.10. The SMILES string of the molecule is Cc1ccc(NC(=O)N2CCC(CC(=O)N3CCN(C)CC3)CC2)cc1. The predicted octanol–water partition coefficient (Wildman–Crippen LogP) is 2.40. The Hall–Kier alpha value is -2.08. The number of urea groups is 1. The topological polar surface area (TPSA) is 55.9 Å². The molecule has 1 aromatic rings. The summed E-state index contributed by atoms with van der Waals surface area (Å²) in [6.45, 7) is 7.07. The van der Waals surface area contributed by atoms with E-state index in [1.54, 1.807) is 0 Å². The summed E-state index contributed by atoms with van der Waals surface area (Å²) in [5, 5.41) is 2.96. The van der Waals surface area contributed by atoms with Crippen LogP contribution >= 0.6 is 0 Å². The van der Waals surface area contributed by atoms with Gasteiger partial charge in [0.25, 0.3) is 0 Å². The van der Waals surface area contributed by atoms with Crippen LogP contribution in [0.3, 0.4) is 0 Å². The molecule has 0 aromatic heterocycles. The van der Waals surface area contributed by atoms with Gasteiger partial charge >= 0.3 is 6.03 Å². The second kappa shape index (κ2) is 8.54. The van der Waals surface area contributed by atoms with Crippen LogP contribution < -0.4 is 5.32 Å². The second-order valence-electron chi connectivity index (χ2n) is 7.61. The van der Waals surface area contributed by atoms with E-state index < -0.39 is 0 Å². The van der Waals surface area contributed by atoms with Gasteiger partial charge < -0.3 is 20.0 Å². The molecule has 0 radical (unpaired) electrons. The molecule has 1 N–H and O–H groups in total. The van der Waals surface area contributed by atoms with Crippen molar-refractivity contribution in [2.45, 2.75) is 26.2 Å². The minimum Gasteiger partial charge on any atom is -0.340 e. The van der Waals surface area contributed by atoms with Crippen LogP contribution in [0.5, 0.6) is 0 Å². The van der Waals surface area contributed by atoms with Gasteiger partial charge in [-0.3, -0.25) is 4.79 Å². The number of nitrogens with one attached hydrogen (secondary N) is 1. The Labute approximate surface area is 156 Å². The molecule has 0 unspecified atom stereocenters. The monoisotopic (exact) mass is 358 g/mol. The van der Waals surface area contributed by atoms with Crippen LogP contribution in [0, 0.1) is 12.8 Å². The number of likely N-dealkylation sites (tertiary alicyclic amines) is 1. The number of carbonyl (C=O) groups is 2. The van der Waals surface area contributed by atoms with Crippen molar-refractivity contribution in [3.63, 3.8) is 0 Å². The maximum absolute atomic E-state index is 12.5. The molecule has 0 bridgehead atoms. The Morgan fingerprint density at radius 3 is 2.19 bits per heavy atom. The van der Waals surface area contributed by atoms with E-state index >= 15 is 0 Å². The molecule has 3 rings (SSSR count). The van der Waals surface area contributed by atoms with Gasteiger partial charge in [0, 0.05) is 51.4 Å². The Kier molecular flexibility index (Phi) is 6.14. The number of carbonyl (C=O) groups excluding carboxylic acids is 2. The number of nitrogens with zero attached hydrogens (tertiary/aromatic N) is 3. The van der Waals surface area contributed by atoms with E-state index in [1.165, 1.54) is 5.56 Å². The molecule has 0 atom stereocenters. The Morgan fingerprint density at radius 1 is 0.962 bits per heavy atom. The number of benzene rings is 1. The number of hydrogen-bond acceptors (Lipinski definition) is 3. The number of hydrogen-bond donors (Lipinski definition) is 1. The minimum absolute atomic E-state index is 0.0438. The maximum atomic E-state index is 12.5. The van der Waals surface area contributed by atoms with Crippen LogP contribution in [0.25, 0.3) is 0 Å². The molecule has 2 aliphatic rings. The summed E-state index contributed by atoms with van der Waals surface area (Å²) >= 11 is 0. The summed E-state index contributed by atoms with van der Waals surface area (Å²) in [5.41, 5.74) is 2.00. The first kappa shape index (κ1) is 18.7. The van der Waals surface area contributed by atoms with Crippen molar-refractivity contribution in [3.8, 4) is 0 Å². The summed E-state index contributed by atoms with van der Waals surface area (Å²) in [6, 6.07) is 7.79. The summed E-state index contributed by atoms with van der Waals surface area (Å²) in [5.74, 6) is 0.672. The van der Waals surface area contributed by atoms with E-state index in [2.05, 4.69) is 17.3 Å². The number of rotatable bonds is 3. The number of piperidine rings is 1. The van der Waals surface area contributed by atoms with Crippen LogP contribution in [-0.4, -0.2) is 73.0 Å². The fourth-order valence-corrected chi connectivity index (χ4v) is 3.61. The highest BCUT2D eigenvalue weighted by atomic mass is 16.2. The van der Waals surface area contributed by atoms with Gasteiger partial charge in [0.1, 0.15) is 0 Å². The molecule has 2 aliphatic heterocycles. The lowest BCUT2D eigenvalue weighted by Crippen LogP contribution is -2.48.